The highest BCUT2D eigenvalue weighted by atomic mass is 15.2. The van der Waals surface area contributed by atoms with Gasteiger partial charge in [0.05, 0.1) is 11.1 Å². The van der Waals surface area contributed by atoms with Crippen molar-refractivity contribution >= 4 is 5.52 Å². The quantitative estimate of drug-likeness (QED) is 0.839. The van der Waals surface area contributed by atoms with Crippen molar-refractivity contribution in [3.63, 3.8) is 0 Å². The molecule has 1 saturated carbocycles. The van der Waals surface area contributed by atoms with Gasteiger partial charge >= 0.3 is 0 Å². The standard InChI is InChI=1S/C19H23N3/c20-12-17-16(14-22-10-4-3-9-19(17)22)13-21-11-5-7-15-6-1-2-8-18(15)21/h3-4,9-10,14-15,18H,1-2,5-8,11,13H2/t15-,18+/m0/s1. The summed E-state index contributed by atoms with van der Waals surface area (Å²) >= 11 is 0. The first-order valence-corrected chi connectivity index (χ1v) is 8.59. The number of nitrogens with zero attached hydrogens (tertiary/aromatic N) is 3. The van der Waals surface area contributed by atoms with Crippen molar-refractivity contribution in [1.29, 1.82) is 5.26 Å². The normalized spacial score (nSPS) is 25.8. The Bertz CT molecular complexity index is 707. The molecule has 22 heavy (non-hydrogen) atoms. The molecule has 2 atom stereocenters. The highest BCUT2D eigenvalue weighted by Crippen LogP contribution is 2.36. The van der Waals surface area contributed by atoms with E-state index < -0.39 is 0 Å². The van der Waals surface area contributed by atoms with Crippen LogP contribution in [0.5, 0.6) is 0 Å². The minimum absolute atomic E-state index is 0.747. The van der Waals surface area contributed by atoms with Crippen LogP contribution in [0.15, 0.2) is 30.6 Å². The number of likely N-dealkylation sites (tertiary alicyclic amines) is 1. The number of rotatable bonds is 2. The summed E-state index contributed by atoms with van der Waals surface area (Å²) in [4.78, 5) is 2.66. The van der Waals surface area contributed by atoms with Crippen LogP contribution in [-0.2, 0) is 6.54 Å². The van der Waals surface area contributed by atoms with E-state index in [1.807, 2.05) is 24.4 Å². The molecule has 1 aliphatic carbocycles. The smallest absolute Gasteiger partial charge is 0.102 e. The zero-order valence-electron chi connectivity index (χ0n) is 13.0. The molecule has 0 N–H and O–H groups in total. The fraction of sp³-hybridized carbons (Fsp3) is 0.526. The predicted molar refractivity (Wildman–Crippen MR) is 87.5 cm³/mol. The number of piperidine rings is 1. The Hall–Kier alpha value is -1.79. The van der Waals surface area contributed by atoms with E-state index in [9.17, 15) is 5.26 Å². The van der Waals surface area contributed by atoms with Gasteiger partial charge in [0, 0.05) is 30.5 Å². The lowest BCUT2D eigenvalue weighted by Crippen LogP contribution is -2.46. The molecule has 4 rings (SSSR count). The Morgan fingerprint density at radius 2 is 2.00 bits per heavy atom. The monoisotopic (exact) mass is 293 g/mol. The molecule has 3 nitrogen and oxygen atoms in total. The molecule has 2 aliphatic rings. The van der Waals surface area contributed by atoms with Gasteiger partial charge in [-0.05, 0) is 50.3 Å². The van der Waals surface area contributed by atoms with Gasteiger partial charge in [0.25, 0.3) is 0 Å². The summed E-state index contributed by atoms with van der Waals surface area (Å²) in [5.41, 5.74) is 3.09. The lowest BCUT2D eigenvalue weighted by molar-refractivity contribution is 0.0547. The van der Waals surface area contributed by atoms with E-state index in [0.29, 0.717) is 0 Å². The molecule has 114 valence electrons. The molecule has 0 spiro atoms. The fourth-order valence-corrected chi connectivity index (χ4v) is 4.57. The van der Waals surface area contributed by atoms with Gasteiger partial charge in [-0.2, -0.15) is 5.26 Å². The van der Waals surface area contributed by atoms with Crippen LogP contribution in [0, 0.1) is 17.2 Å². The Kier molecular flexibility index (Phi) is 3.63. The molecule has 0 amide bonds. The van der Waals surface area contributed by atoms with Crippen molar-refractivity contribution < 1.29 is 0 Å². The zero-order valence-corrected chi connectivity index (χ0v) is 13.0. The SMILES string of the molecule is N#Cc1c(CN2CCC[C@@H]3CCCC[C@H]32)cn2ccccc12. The summed E-state index contributed by atoms with van der Waals surface area (Å²) in [6.45, 7) is 2.13. The molecule has 2 aromatic rings. The Morgan fingerprint density at radius 1 is 1.14 bits per heavy atom. The van der Waals surface area contributed by atoms with Crippen LogP contribution in [0.2, 0.25) is 0 Å². The van der Waals surface area contributed by atoms with Gasteiger partial charge in [-0.1, -0.05) is 18.9 Å². The van der Waals surface area contributed by atoms with E-state index in [4.69, 9.17) is 0 Å². The minimum atomic E-state index is 0.747. The Balaban J connectivity index is 1.64. The maximum atomic E-state index is 9.59. The van der Waals surface area contributed by atoms with Crippen LogP contribution in [0.4, 0.5) is 0 Å². The van der Waals surface area contributed by atoms with Crippen molar-refractivity contribution in [1.82, 2.24) is 9.30 Å². The molecule has 2 aromatic heterocycles. The third-order valence-corrected chi connectivity index (χ3v) is 5.61. The number of pyridine rings is 1. The van der Waals surface area contributed by atoms with Gasteiger partial charge in [0.1, 0.15) is 6.07 Å². The van der Waals surface area contributed by atoms with E-state index in [1.54, 1.807) is 0 Å². The average molecular weight is 293 g/mol. The summed E-state index contributed by atoms with van der Waals surface area (Å²) < 4.78 is 2.09. The van der Waals surface area contributed by atoms with Crippen molar-refractivity contribution in [2.24, 2.45) is 5.92 Å². The van der Waals surface area contributed by atoms with Crippen LogP contribution in [-0.4, -0.2) is 21.9 Å². The van der Waals surface area contributed by atoms with Gasteiger partial charge < -0.3 is 4.40 Å². The number of nitriles is 1. The zero-order chi connectivity index (χ0) is 14.9. The summed E-state index contributed by atoms with van der Waals surface area (Å²) in [5.74, 6) is 0.894. The van der Waals surface area contributed by atoms with Gasteiger partial charge in [-0.15, -0.1) is 0 Å². The lowest BCUT2D eigenvalue weighted by Gasteiger charge is -2.44. The van der Waals surface area contributed by atoms with E-state index in [1.165, 1.54) is 50.6 Å². The van der Waals surface area contributed by atoms with Crippen LogP contribution in [0.1, 0.15) is 49.7 Å². The topological polar surface area (TPSA) is 31.4 Å². The number of aromatic nitrogens is 1. The number of hydrogen-bond donors (Lipinski definition) is 0. The predicted octanol–water partition coefficient (Wildman–Crippen LogP) is 3.97. The van der Waals surface area contributed by atoms with Gasteiger partial charge in [0.15, 0.2) is 0 Å². The lowest BCUT2D eigenvalue weighted by atomic mass is 9.78. The largest absolute Gasteiger partial charge is 0.322 e. The summed E-state index contributed by atoms with van der Waals surface area (Å²) in [6.07, 6.45) is 12.5. The number of hydrogen-bond acceptors (Lipinski definition) is 2. The molecule has 2 fully saturated rings. The minimum Gasteiger partial charge on any atom is -0.322 e. The van der Waals surface area contributed by atoms with Crippen molar-refractivity contribution in [3.05, 3.63) is 41.7 Å². The van der Waals surface area contributed by atoms with Crippen molar-refractivity contribution in [3.8, 4) is 6.07 Å². The first kappa shape index (κ1) is 13.8. The fourth-order valence-electron chi connectivity index (χ4n) is 4.57. The third kappa shape index (κ3) is 2.32. The maximum Gasteiger partial charge on any atom is 0.102 e. The first-order chi connectivity index (χ1) is 10.9. The highest BCUT2D eigenvalue weighted by Gasteiger charge is 2.33. The van der Waals surface area contributed by atoms with Crippen LogP contribution in [0.3, 0.4) is 0 Å². The second-order valence-corrected chi connectivity index (χ2v) is 6.86. The maximum absolute atomic E-state index is 9.59. The molecule has 0 radical (unpaired) electrons. The van der Waals surface area contributed by atoms with Crippen LogP contribution in [0.25, 0.3) is 5.52 Å². The van der Waals surface area contributed by atoms with E-state index in [-0.39, 0.29) is 0 Å². The molecular formula is C19H23N3. The van der Waals surface area contributed by atoms with Crippen molar-refractivity contribution in [2.75, 3.05) is 6.54 Å². The number of fused-ring (bicyclic) bond motifs is 2. The van der Waals surface area contributed by atoms with E-state index >= 15 is 0 Å². The average Bonchev–Trinajstić information content (AvgIpc) is 2.92. The van der Waals surface area contributed by atoms with Gasteiger partial charge in [0.2, 0.25) is 0 Å². The van der Waals surface area contributed by atoms with Gasteiger partial charge in [-0.3, -0.25) is 4.90 Å². The van der Waals surface area contributed by atoms with Gasteiger partial charge in [-0.25, -0.2) is 0 Å². The first-order valence-electron chi connectivity index (χ1n) is 8.59. The molecule has 1 aliphatic heterocycles. The molecular weight excluding hydrogens is 270 g/mol. The Morgan fingerprint density at radius 3 is 2.91 bits per heavy atom. The highest BCUT2D eigenvalue weighted by molar-refractivity contribution is 5.65. The Labute approximate surface area is 132 Å². The molecule has 3 heteroatoms. The summed E-state index contributed by atoms with van der Waals surface area (Å²) in [5, 5.41) is 9.59. The molecule has 0 unspecified atom stereocenters. The van der Waals surface area contributed by atoms with Crippen LogP contribution >= 0.6 is 0 Å². The third-order valence-electron chi connectivity index (χ3n) is 5.61. The summed E-state index contributed by atoms with van der Waals surface area (Å²) in [7, 11) is 0. The van der Waals surface area contributed by atoms with E-state index in [0.717, 1.165) is 29.6 Å². The van der Waals surface area contributed by atoms with E-state index in [2.05, 4.69) is 21.6 Å². The second kappa shape index (κ2) is 5.78. The molecule has 3 heterocycles. The van der Waals surface area contributed by atoms with Crippen molar-refractivity contribution in [2.45, 2.75) is 51.1 Å². The van der Waals surface area contributed by atoms with Crippen LogP contribution < -0.4 is 0 Å². The molecule has 0 aromatic carbocycles. The second-order valence-electron chi connectivity index (χ2n) is 6.86. The molecule has 0 bridgehead atoms. The summed E-state index contributed by atoms with van der Waals surface area (Å²) in [6, 6.07) is 9.26. The molecule has 1 saturated heterocycles.